The Morgan fingerprint density at radius 3 is 2.00 bits per heavy atom. The second kappa shape index (κ2) is 5.65. The summed E-state index contributed by atoms with van der Waals surface area (Å²) in [5.74, 6) is -2.32. The van der Waals surface area contributed by atoms with Crippen molar-refractivity contribution in [3.63, 3.8) is 0 Å². The van der Waals surface area contributed by atoms with Crippen LogP contribution in [0, 0.1) is 5.92 Å². The van der Waals surface area contributed by atoms with Crippen LogP contribution >= 0.6 is 0 Å². The van der Waals surface area contributed by atoms with Gasteiger partial charge in [-0.05, 0) is 18.1 Å². The van der Waals surface area contributed by atoms with Crippen LogP contribution in [0.4, 0.5) is 0 Å². The Balaban J connectivity index is 2.46. The molecule has 2 rings (SSSR count). The first-order chi connectivity index (χ1) is 9.90. The van der Waals surface area contributed by atoms with Gasteiger partial charge in [-0.2, -0.15) is 0 Å². The fraction of sp³-hybridized carbons (Fsp3) is 0.400. The number of rotatable bonds is 4. The van der Waals surface area contributed by atoms with Gasteiger partial charge in [0.05, 0.1) is 24.3 Å². The van der Waals surface area contributed by atoms with Crippen molar-refractivity contribution in [1.29, 1.82) is 0 Å². The zero-order valence-corrected chi connectivity index (χ0v) is 12.1. The third-order valence-electron chi connectivity index (χ3n) is 3.55. The topological polar surface area (TPSA) is 83.9 Å². The van der Waals surface area contributed by atoms with Crippen LogP contribution in [0.1, 0.15) is 34.6 Å². The molecule has 1 aromatic rings. The van der Waals surface area contributed by atoms with Crippen LogP contribution < -0.4 is 0 Å². The number of amides is 2. The quantitative estimate of drug-likeness (QED) is 0.656. The molecule has 0 spiro atoms. The molecule has 2 atom stereocenters. The maximum absolute atomic E-state index is 12.4. The van der Waals surface area contributed by atoms with E-state index < -0.39 is 29.9 Å². The normalized spacial score (nSPS) is 16.9. The Labute approximate surface area is 122 Å². The van der Waals surface area contributed by atoms with Gasteiger partial charge in [0, 0.05) is 0 Å². The fourth-order valence-corrected chi connectivity index (χ4v) is 2.34. The lowest BCUT2D eigenvalue weighted by molar-refractivity contribution is -0.150. The highest BCUT2D eigenvalue weighted by atomic mass is 16.5. The molecule has 1 N–H and O–H groups in total. The van der Waals surface area contributed by atoms with Gasteiger partial charge in [0.1, 0.15) is 0 Å². The number of carbonyl (C=O) groups is 3. The van der Waals surface area contributed by atoms with E-state index in [9.17, 15) is 19.5 Å². The van der Waals surface area contributed by atoms with Crippen LogP contribution in [-0.4, -0.2) is 47.0 Å². The highest BCUT2D eigenvalue weighted by Crippen LogP contribution is 2.27. The number of aliphatic hydroxyl groups excluding tert-OH is 1. The van der Waals surface area contributed by atoms with E-state index in [1.165, 1.54) is 12.1 Å². The molecule has 1 aliphatic heterocycles. The molecule has 0 unspecified atom stereocenters. The predicted molar refractivity (Wildman–Crippen MR) is 73.6 cm³/mol. The van der Waals surface area contributed by atoms with Gasteiger partial charge in [0.25, 0.3) is 11.8 Å². The summed E-state index contributed by atoms with van der Waals surface area (Å²) >= 11 is 0. The van der Waals surface area contributed by atoms with Gasteiger partial charge in [0.2, 0.25) is 0 Å². The average molecular weight is 291 g/mol. The van der Waals surface area contributed by atoms with E-state index in [0.29, 0.717) is 0 Å². The minimum absolute atomic E-state index is 0.229. The third-order valence-corrected chi connectivity index (χ3v) is 3.55. The molecule has 1 aromatic carbocycles. The minimum Gasteiger partial charge on any atom is -0.467 e. The second-order valence-electron chi connectivity index (χ2n) is 5.23. The lowest BCUT2D eigenvalue weighted by Gasteiger charge is -2.29. The molecule has 0 aliphatic carbocycles. The smallest absolute Gasteiger partial charge is 0.331 e. The van der Waals surface area contributed by atoms with Gasteiger partial charge < -0.3 is 9.84 Å². The average Bonchev–Trinajstić information content (AvgIpc) is 2.72. The number of aliphatic hydroxyl groups is 1. The number of fused-ring (bicyclic) bond motifs is 1. The largest absolute Gasteiger partial charge is 0.467 e. The van der Waals surface area contributed by atoms with E-state index >= 15 is 0 Å². The van der Waals surface area contributed by atoms with E-state index in [4.69, 9.17) is 0 Å². The van der Waals surface area contributed by atoms with Gasteiger partial charge in [-0.15, -0.1) is 0 Å². The van der Waals surface area contributed by atoms with Crippen LogP contribution in [-0.2, 0) is 9.53 Å². The number of benzene rings is 1. The van der Waals surface area contributed by atoms with Gasteiger partial charge in [-0.3, -0.25) is 14.5 Å². The minimum atomic E-state index is -1.35. The first-order valence-corrected chi connectivity index (χ1v) is 6.63. The molecule has 2 amide bonds. The van der Waals surface area contributed by atoms with Crippen molar-refractivity contribution in [3.05, 3.63) is 35.4 Å². The van der Waals surface area contributed by atoms with E-state index in [0.717, 1.165) is 12.0 Å². The van der Waals surface area contributed by atoms with E-state index in [-0.39, 0.29) is 17.0 Å². The van der Waals surface area contributed by atoms with Crippen molar-refractivity contribution in [2.24, 2.45) is 5.92 Å². The zero-order chi connectivity index (χ0) is 15.7. The lowest BCUT2D eigenvalue weighted by atomic mass is 9.98. The number of carbonyl (C=O) groups excluding carboxylic acids is 3. The van der Waals surface area contributed by atoms with Crippen LogP contribution in [0.15, 0.2) is 24.3 Å². The Morgan fingerprint density at radius 1 is 1.14 bits per heavy atom. The summed E-state index contributed by atoms with van der Waals surface area (Å²) in [4.78, 5) is 37.5. The number of methoxy groups -OCH3 is 1. The standard InChI is InChI=1S/C15H17NO5/c1-8(2)12(17)11(15(20)21-3)16-13(18)9-6-4-5-7-10(9)14(16)19/h4-8,11-12,17H,1-3H3/t11-,12-/m0/s1. The molecule has 6 nitrogen and oxygen atoms in total. The molecule has 6 heteroatoms. The van der Waals surface area contributed by atoms with Crippen LogP contribution in [0.2, 0.25) is 0 Å². The Morgan fingerprint density at radius 2 is 1.62 bits per heavy atom. The fourth-order valence-electron chi connectivity index (χ4n) is 2.34. The van der Waals surface area contributed by atoms with Gasteiger partial charge in [-0.25, -0.2) is 4.79 Å². The zero-order valence-electron chi connectivity index (χ0n) is 12.1. The monoisotopic (exact) mass is 291 g/mol. The molecule has 112 valence electrons. The molecular weight excluding hydrogens is 274 g/mol. The summed E-state index contributed by atoms with van der Waals surface area (Å²) in [5, 5.41) is 10.2. The van der Waals surface area contributed by atoms with Gasteiger partial charge >= 0.3 is 5.97 Å². The first kappa shape index (κ1) is 15.2. The third kappa shape index (κ3) is 2.42. The summed E-state index contributed by atoms with van der Waals surface area (Å²) in [6.45, 7) is 3.39. The molecule has 1 aliphatic rings. The molecule has 1 heterocycles. The molecule has 0 radical (unpaired) electrons. The SMILES string of the molecule is COC(=O)[C@H]([C@@H](O)C(C)C)N1C(=O)c2ccccc2C1=O. The van der Waals surface area contributed by atoms with Crippen molar-refractivity contribution in [2.45, 2.75) is 26.0 Å². The summed E-state index contributed by atoms with van der Waals surface area (Å²) in [6, 6.07) is 4.97. The van der Waals surface area contributed by atoms with Crippen molar-refractivity contribution < 1.29 is 24.2 Å². The Bertz CT molecular complexity index is 560. The number of nitrogens with zero attached hydrogens (tertiary/aromatic N) is 1. The van der Waals surface area contributed by atoms with Gasteiger partial charge in [-0.1, -0.05) is 26.0 Å². The molecule has 0 saturated carbocycles. The van der Waals surface area contributed by atoms with Crippen molar-refractivity contribution in [3.8, 4) is 0 Å². The molecule has 0 aromatic heterocycles. The molecule has 0 fully saturated rings. The molecule has 21 heavy (non-hydrogen) atoms. The highest BCUT2D eigenvalue weighted by molar-refractivity contribution is 6.22. The van der Waals surface area contributed by atoms with Crippen molar-refractivity contribution >= 4 is 17.8 Å². The number of imide groups is 1. The van der Waals surface area contributed by atoms with E-state index in [1.807, 2.05) is 0 Å². The van der Waals surface area contributed by atoms with Crippen molar-refractivity contribution in [1.82, 2.24) is 4.90 Å². The lowest BCUT2D eigenvalue weighted by Crippen LogP contribution is -2.53. The van der Waals surface area contributed by atoms with E-state index in [1.54, 1.807) is 26.0 Å². The summed E-state index contributed by atoms with van der Waals surface area (Å²) in [6.07, 6.45) is -1.19. The maximum atomic E-state index is 12.4. The Hall–Kier alpha value is -2.21. The summed E-state index contributed by atoms with van der Waals surface area (Å²) < 4.78 is 4.65. The maximum Gasteiger partial charge on any atom is 0.331 e. The van der Waals surface area contributed by atoms with Crippen LogP contribution in [0.5, 0.6) is 0 Å². The predicted octanol–water partition coefficient (Wildman–Crippen LogP) is 0.841. The second-order valence-corrected chi connectivity index (χ2v) is 5.23. The highest BCUT2D eigenvalue weighted by Gasteiger charge is 2.46. The summed E-state index contributed by atoms with van der Waals surface area (Å²) in [7, 11) is 1.15. The molecule has 0 bridgehead atoms. The van der Waals surface area contributed by atoms with Gasteiger partial charge in [0.15, 0.2) is 6.04 Å². The number of hydrogen-bond acceptors (Lipinski definition) is 5. The molecule has 0 saturated heterocycles. The first-order valence-electron chi connectivity index (χ1n) is 6.63. The Kier molecular flexibility index (Phi) is 4.09. The number of ether oxygens (including phenoxy) is 1. The van der Waals surface area contributed by atoms with Crippen LogP contribution in [0.25, 0.3) is 0 Å². The number of hydrogen-bond donors (Lipinski definition) is 1. The van der Waals surface area contributed by atoms with Crippen LogP contribution in [0.3, 0.4) is 0 Å². The summed E-state index contributed by atoms with van der Waals surface area (Å²) in [5.41, 5.74) is 0.458. The van der Waals surface area contributed by atoms with E-state index in [2.05, 4.69) is 4.74 Å². The molecular formula is C15H17NO5. The number of esters is 1. The van der Waals surface area contributed by atoms with Crippen molar-refractivity contribution in [2.75, 3.05) is 7.11 Å².